The van der Waals surface area contributed by atoms with Gasteiger partial charge in [-0.1, -0.05) is 181 Å². The molecule has 0 aliphatic rings. The van der Waals surface area contributed by atoms with Gasteiger partial charge in [-0.05, 0) is 45.4 Å². The van der Waals surface area contributed by atoms with E-state index >= 15 is 0 Å². The number of nitrogens with zero attached hydrogens (tertiary/aromatic N) is 1. The molecular formula is C43H94ClNO4. The minimum absolute atomic E-state index is 0. The van der Waals surface area contributed by atoms with Gasteiger partial charge in [-0.2, -0.15) is 0 Å². The summed E-state index contributed by atoms with van der Waals surface area (Å²) in [6.45, 7) is 9.34. The molecule has 49 heavy (non-hydrogen) atoms. The van der Waals surface area contributed by atoms with Crippen LogP contribution in [0.3, 0.4) is 0 Å². The minimum Gasteiger partial charge on any atom is -1.00 e. The van der Waals surface area contributed by atoms with E-state index in [1.165, 1.54) is 204 Å². The second-order valence-corrected chi connectivity index (χ2v) is 15.5. The molecule has 0 aromatic carbocycles. The van der Waals surface area contributed by atoms with Crippen LogP contribution in [0.5, 0.6) is 0 Å². The van der Waals surface area contributed by atoms with E-state index in [1.54, 1.807) is 0 Å². The molecule has 5 nitrogen and oxygen atoms in total. The molecule has 0 saturated heterocycles. The van der Waals surface area contributed by atoms with E-state index in [4.69, 9.17) is 20.4 Å². The standard InChI is InChI=1S/C34H72N.C6H14O2.C3H8O2.ClH/c1-5-7-9-11-13-15-17-19-21-23-25-27-29-31-33-35(3,4)34-32-30-28-26-24-22-20-18-16-14-12-10-8-6-2;7-5-3-1-2-4-6-8;1-3(5)2-4;/h5-34H2,1-4H3;7-8H,1-6H2;3-5H,2H2,1H3;1H/q+1;;;/p-1. The summed E-state index contributed by atoms with van der Waals surface area (Å²) in [4.78, 5) is 0. The maximum Gasteiger partial charge on any atom is 0.0782 e. The van der Waals surface area contributed by atoms with Crippen LogP contribution in [-0.2, 0) is 0 Å². The van der Waals surface area contributed by atoms with Crippen molar-refractivity contribution in [3.8, 4) is 0 Å². The van der Waals surface area contributed by atoms with E-state index in [-0.39, 0.29) is 32.2 Å². The molecule has 0 rings (SSSR count). The third-order valence-electron chi connectivity index (χ3n) is 9.56. The molecule has 0 aliphatic carbocycles. The molecule has 4 N–H and O–H groups in total. The quantitative estimate of drug-likeness (QED) is 0.0385. The van der Waals surface area contributed by atoms with E-state index in [1.807, 2.05) is 0 Å². The Kier molecular flexibility index (Phi) is 57.2. The molecule has 0 spiro atoms. The predicted molar refractivity (Wildman–Crippen MR) is 214 cm³/mol. The van der Waals surface area contributed by atoms with E-state index < -0.39 is 6.10 Å². The molecule has 0 aliphatic heterocycles. The normalized spacial score (nSPS) is 11.7. The summed E-state index contributed by atoms with van der Waals surface area (Å²) in [6, 6.07) is 0. The zero-order chi connectivity index (χ0) is 36.2. The number of aliphatic hydroxyl groups is 4. The van der Waals surface area contributed by atoms with Crippen molar-refractivity contribution in [3.05, 3.63) is 0 Å². The summed E-state index contributed by atoms with van der Waals surface area (Å²) in [7, 11) is 4.93. The Bertz CT molecular complexity index is 496. The van der Waals surface area contributed by atoms with Crippen molar-refractivity contribution in [1.82, 2.24) is 0 Å². The van der Waals surface area contributed by atoms with Gasteiger partial charge in [0.15, 0.2) is 0 Å². The Morgan fingerprint density at radius 1 is 0.367 bits per heavy atom. The highest BCUT2D eigenvalue weighted by atomic mass is 35.5. The maximum atomic E-state index is 8.30. The van der Waals surface area contributed by atoms with Crippen LogP contribution < -0.4 is 12.4 Å². The molecule has 6 heteroatoms. The summed E-state index contributed by atoms with van der Waals surface area (Å²) < 4.78 is 1.25. The molecular weight excluding hydrogens is 630 g/mol. The highest BCUT2D eigenvalue weighted by Gasteiger charge is 2.13. The highest BCUT2D eigenvalue weighted by molar-refractivity contribution is 4.52. The Morgan fingerprint density at radius 3 is 0.735 bits per heavy atom. The zero-order valence-electron chi connectivity index (χ0n) is 34.4. The van der Waals surface area contributed by atoms with Gasteiger partial charge in [-0.3, -0.25) is 0 Å². The molecule has 0 aromatic rings. The van der Waals surface area contributed by atoms with Crippen LogP contribution in [0.15, 0.2) is 0 Å². The molecule has 0 aromatic heterocycles. The van der Waals surface area contributed by atoms with E-state index in [9.17, 15) is 0 Å². The summed E-state index contributed by atoms with van der Waals surface area (Å²) in [6.07, 6.45) is 44.2. The van der Waals surface area contributed by atoms with Gasteiger partial charge in [0.05, 0.1) is 39.9 Å². The SMILES string of the molecule is CC(O)CO.CCCCCCCCCCCCCCCC[N+](C)(C)CCCCCCCCCCCCCCCC.OCCCCCCO.[Cl-]. The topological polar surface area (TPSA) is 80.9 Å². The molecule has 0 fully saturated rings. The van der Waals surface area contributed by atoms with Crippen LogP contribution in [-0.4, -0.2) is 78.0 Å². The van der Waals surface area contributed by atoms with Gasteiger partial charge in [0.1, 0.15) is 0 Å². The second-order valence-electron chi connectivity index (χ2n) is 15.5. The van der Waals surface area contributed by atoms with Crippen LogP contribution in [0.2, 0.25) is 0 Å². The minimum atomic E-state index is -0.560. The molecule has 0 bridgehead atoms. The molecule has 0 saturated carbocycles. The number of rotatable bonds is 36. The Morgan fingerprint density at radius 2 is 0.551 bits per heavy atom. The van der Waals surface area contributed by atoms with Gasteiger partial charge in [0.2, 0.25) is 0 Å². The van der Waals surface area contributed by atoms with Crippen LogP contribution in [0, 0.1) is 0 Å². The predicted octanol–water partition coefficient (Wildman–Crippen LogP) is 8.92. The van der Waals surface area contributed by atoms with Crippen LogP contribution >= 0.6 is 0 Å². The van der Waals surface area contributed by atoms with Gasteiger partial charge in [-0.25, -0.2) is 0 Å². The van der Waals surface area contributed by atoms with Gasteiger partial charge >= 0.3 is 0 Å². The fraction of sp³-hybridized carbons (Fsp3) is 1.00. The number of aliphatic hydroxyl groups excluding tert-OH is 4. The van der Waals surface area contributed by atoms with Gasteiger partial charge in [0, 0.05) is 13.2 Å². The lowest BCUT2D eigenvalue weighted by molar-refractivity contribution is -0.890. The first-order valence-electron chi connectivity index (χ1n) is 21.6. The summed E-state index contributed by atoms with van der Waals surface area (Å²) in [5.74, 6) is 0. The van der Waals surface area contributed by atoms with Crippen LogP contribution in [0.4, 0.5) is 0 Å². The largest absolute Gasteiger partial charge is 1.00 e. The fourth-order valence-electron chi connectivity index (χ4n) is 6.16. The molecule has 1 unspecified atom stereocenters. The first-order valence-corrected chi connectivity index (χ1v) is 21.6. The van der Waals surface area contributed by atoms with Gasteiger partial charge in [-0.15, -0.1) is 0 Å². The number of unbranched alkanes of at least 4 members (excludes halogenated alkanes) is 29. The van der Waals surface area contributed by atoms with Crippen molar-refractivity contribution < 1.29 is 37.3 Å². The monoisotopic (exact) mass is 724 g/mol. The van der Waals surface area contributed by atoms with Crippen molar-refractivity contribution in [3.63, 3.8) is 0 Å². The summed E-state index contributed by atoms with van der Waals surface area (Å²) >= 11 is 0. The van der Waals surface area contributed by atoms with Crippen molar-refractivity contribution >= 4 is 0 Å². The van der Waals surface area contributed by atoms with Gasteiger partial charge in [0.25, 0.3) is 0 Å². The van der Waals surface area contributed by atoms with Gasteiger partial charge < -0.3 is 37.3 Å². The Labute approximate surface area is 315 Å². The third-order valence-corrected chi connectivity index (χ3v) is 9.56. The first kappa shape index (κ1) is 55.8. The lowest BCUT2D eigenvalue weighted by Gasteiger charge is -2.30. The Balaban J connectivity index is -0.000000605. The smallest absolute Gasteiger partial charge is 0.0782 e. The fourth-order valence-corrected chi connectivity index (χ4v) is 6.16. The Hall–Kier alpha value is 0.0900. The van der Waals surface area contributed by atoms with Crippen molar-refractivity contribution in [2.24, 2.45) is 0 Å². The molecule has 0 heterocycles. The van der Waals surface area contributed by atoms with Crippen molar-refractivity contribution in [2.45, 2.75) is 232 Å². The molecule has 1 atom stereocenters. The number of quaternary nitrogens is 1. The maximum absolute atomic E-state index is 8.30. The lowest BCUT2D eigenvalue weighted by atomic mass is 10.0. The highest BCUT2D eigenvalue weighted by Crippen LogP contribution is 2.16. The number of hydrogen-bond donors (Lipinski definition) is 4. The van der Waals surface area contributed by atoms with E-state index in [0.717, 1.165) is 25.7 Å². The van der Waals surface area contributed by atoms with Crippen LogP contribution in [0.25, 0.3) is 0 Å². The van der Waals surface area contributed by atoms with E-state index in [0.29, 0.717) is 0 Å². The van der Waals surface area contributed by atoms with Crippen LogP contribution in [0.1, 0.15) is 226 Å². The average molecular weight is 725 g/mol. The number of hydrogen-bond acceptors (Lipinski definition) is 4. The summed E-state index contributed by atoms with van der Waals surface area (Å²) in [5, 5.41) is 32.6. The molecule has 0 amide bonds. The average Bonchev–Trinajstić information content (AvgIpc) is 3.07. The van der Waals surface area contributed by atoms with Crippen molar-refractivity contribution in [2.75, 3.05) is 47.0 Å². The summed E-state index contributed by atoms with van der Waals surface area (Å²) in [5.41, 5.74) is 0. The van der Waals surface area contributed by atoms with E-state index in [2.05, 4.69) is 27.9 Å². The second kappa shape index (κ2) is 50.2. The zero-order valence-corrected chi connectivity index (χ0v) is 35.1. The lowest BCUT2D eigenvalue weighted by Crippen LogP contribution is -3.00. The molecule has 302 valence electrons. The number of halogens is 1. The third kappa shape index (κ3) is 60.5. The molecule has 0 radical (unpaired) electrons. The first-order chi connectivity index (χ1) is 23.3. The van der Waals surface area contributed by atoms with Crippen molar-refractivity contribution in [1.29, 1.82) is 0 Å².